The number of hydrogen-bond acceptors (Lipinski definition) is 4. The molecule has 1 saturated carbocycles. The molecule has 1 N–H and O–H groups in total. The van der Waals surface area contributed by atoms with E-state index in [1.54, 1.807) is 6.08 Å². The fourth-order valence-electron chi connectivity index (χ4n) is 2.50. The van der Waals surface area contributed by atoms with Gasteiger partial charge in [0, 0.05) is 17.0 Å². The maximum absolute atomic E-state index is 11.8. The smallest absolute Gasteiger partial charge is 0.331 e. The van der Waals surface area contributed by atoms with E-state index in [1.165, 1.54) is 23.8 Å². The topological polar surface area (TPSA) is 55.4 Å². The average Bonchev–Trinajstić information content (AvgIpc) is 2.99. The van der Waals surface area contributed by atoms with Crippen molar-refractivity contribution in [2.45, 2.75) is 38.6 Å². The van der Waals surface area contributed by atoms with Crippen LogP contribution in [0.2, 0.25) is 0 Å². The van der Waals surface area contributed by atoms with E-state index in [1.807, 2.05) is 17.5 Å². The second-order valence-electron chi connectivity index (χ2n) is 5.39. The summed E-state index contributed by atoms with van der Waals surface area (Å²) in [4.78, 5) is 24.3. The molecule has 0 radical (unpaired) electrons. The molecule has 5 heteroatoms. The third-order valence-electron chi connectivity index (χ3n) is 3.73. The van der Waals surface area contributed by atoms with E-state index in [9.17, 15) is 9.59 Å². The third-order valence-corrected chi connectivity index (χ3v) is 4.57. The number of esters is 1. The van der Waals surface area contributed by atoms with E-state index in [0.29, 0.717) is 5.92 Å². The predicted molar refractivity (Wildman–Crippen MR) is 83.9 cm³/mol. The maximum atomic E-state index is 11.8. The van der Waals surface area contributed by atoms with Crippen LogP contribution >= 0.6 is 11.3 Å². The largest absolute Gasteiger partial charge is 0.452 e. The molecule has 0 unspecified atom stereocenters. The Morgan fingerprint density at radius 2 is 2.24 bits per heavy atom. The minimum atomic E-state index is -0.491. The normalized spacial score (nSPS) is 22.1. The molecule has 0 aromatic carbocycles. The van der Waals surface area contributed by atoms with Gasteiger partial charge in [0.05, 0.1) is 0 Å². The molecule has 1 aliphatic carbocycles. The zero-order valence-electron chi connectivity index (χ0n) is 12.2. The lowest BCUT2D eigenvalue weighted by Crippen LogP contribution is -2.42. The van der Waals surface area contributed by atoms with Gasteiger partial charge in [-0.25, -0.2) is 4.79 Å². The molecule has 0 bridgehead atoms. The standard InChI is InChI=1S/C16H21NO3S/c1-12-5-2-3-7-14(12)17-15(18)11-20-16(19)9-8-13-6-4-10-21-13/h4,6,8-10,12,14H,2-3,5,7,11H2,1H3,(H,17,18)/b9-8+/t12-,14-/m1/s1. The molecule has 1 aromatic rings. The molecule has 114 valence electrons. The van der Waals surface area contributed by atoms with Crippen molar-refractivity contribution in [3.63, 3.8) is 0 Å². The van der Waals surface area contributed by atoms with Crippen LogP contribution < -0.4 is 5.32 Å². The van der Waals surface area contributed by atoms with Crippen molar-refractivity contribution in [1.29, 1.82) is 0 Å². The Labute approximate surface area is 129 Å². The summed E-state index contributed by atoms with van der Waals surface area (Å²) in [5.74, 6) is -0.209. The van der Waals surface area contributed by atoms with Crippen LogP contribution in [0.1, 0.15) is 37.5 Å². The van der Waals surface area contributed by atoms with Crippen molar-refractivity contribution in [1.82, 2.24) is 5.32 Å². The number of carbonyl (C=O) groups is 2. The minimum Gasteiger partial charge on any atom is -0.452 e. The Balaban J connectivity index is 1.69. The van der Waals surface area contributed by atoms with Crippen molar-refractivity contribution >= 4 is 29.3 Å². The second kappa shape index (κ2) is 7.98. The summed E-state index contributed by atoms with van der Waals surface area (Å²) in [6.07, 6.45) is 7.58. The summed E-state index contributed by atoms with van der Waals surface area (Å²) in [6.45, 7) is 1.94. The van der Waals surface area contributed by atoms with Crippen molar-refractivity contribution < 1.29 is 14.3 Å². The highest BCUT2D eigenvalue weighted by atomic mass is 32.1. The van der Waals surface area contributed by atoms with Crippen LogP contribution in [-0.4, -0.2) is 24.5 Å². The molecule has 4 nitrogen and oxygen atoms in total. The van der Waals surface area contributed by atoms with Crippen molar-refractivity contribution in [2.75, 3.05) is 6.61 Å². The number of rotatable bonds is 5. The zero-order chi connectivity index (χ0) is 15.1. The van der Waals surface area contributed by atoms with Crippen LogP contribution in [0.3, 0.4) is 0 Å². The molecule has 2 rings (SSSR count). The molecule has 1 amide bonds. The van der Waals surface area contributed by atoms with Gasteiger partial charge in [-0.2, -0.15) is 0 Å². The summed E-state index contributed by atoms with van der Waals surface area (Å²) in [5.41, 5.74) is 0. The maximum Gasteiger partial charge on any atom is 0.331 e. The van der Waals surface area contributed by atoms with Gasteiger partial charge in [0.15, 0.2) is 6.61 Å². The zero-order valence-corrected chi connectivity index (χ0v) is 13.0. The van der Waals surface area contributed by atoms with E-state index in [0.717, 1.165) is 24.1 Å². The van der Waals surface area contributed by atoms with E-state index >= 15 is 0 Å². The molecule has 0 spiro atoms. The van der Waals surface area contributed by atoms with E-state index in [2.05, 4.69) is 12.2 Å². The number of carbonyl (C=O) groups excluding carboxylic acids is 2. The summed E-state index contributed by atoms with van der Waals surface area (Å²) < 4.78 is 4.95. The number of ether oxygens (including phenoxy) is 1. The predicted octanol–water partition coefficient (Wildman–Crippen LogP) is 3.00. The highest BCUT2D eigenvalue weighted by Crippen LogP contribution is 2.23. The van der Waals surface area contributed by atoms with E-state index in [4.69, 9.17) is 4.74 Å². The summed E-state index contributed by atoms with van der Waals surface area (Å²) in [6, 6.07) is 4.03. The van der Waals surface area contributed by atoms with Gasteiger partial charge in [-0.15, -0.1) is 11.3 Å². The number of thiophene rings is 1. The van der Waals surface area contributed by atoms with Gasteiger partial charge >= 0.3 is 5.97 Å². The quantitative estimate of drug-likeness (QED) is 0.672. The Bertz CT molecular complexity index is 496. The number of nitrogens with one attached hydrogen (secondary N) is 1. The van der Waals surface area contributed by atoms with Gasteiger partial charge in [-0.05, 0) is 36.3 Å². The SMILES string of the molecule is C[C@@H]1CCCC[C@H]1NC(=O)COC(=O)/C=C/c1cccs1. The van der Waals surface area contributed by atoms with Crippen molar-refractivity contribution in [3.05, 3.63) is 28.5 Å². The lowest BCUT2D eigenvalue weighted by atomic mass is 9.86. The van der Waals surface area contributed by atoms with Crippen LogP contribution in [0.15, 0.2) is 23.6 Å². The van der Waals surface area contributed by atoms with Crippen LogP contribution in [0, 0.1) is 5.92 Å². The van der Waals surface area contributed by atoms with Gasteiger partial charge in [-0.1, -0.05) is 25.8 Å². The molecule has 1 heterocycles. The highest BCUT2D eigenvalue weighted by Gasteiger charge is 2.22. The molecule has 0 saturated heterocycles. The Morgan fingerprint density at radius 3 is 2.95 bits per heavy atom. The van der Waals surface area contributed by atoms with E-state index in [-0.39, 0.29) is 18.6 Å². The van der Waals surface area contributed by atoms with Gasteiger partial charge in [0.1, 0.15) is 0 Å². The lowest BCUT2D eigenvalue weighted by molar-refractivity contribution is -0.144. The summed E-state index contributed by atoms with van der Waals surface area (Å²) in [7, 11) is 0. The van der Waals surface area contributed by atoms with Crippen LogP contribution in [-0.2, 0) is 14.3 Å². The van der Waals surface area contributed by atoms with Gasteiger partial charge in [0.25, 0.3) is 5.91 Å². The first-order chi connectivity index (χ1) is 10.1. The molecule has 1 aromatic heterocycles. The number of amides is 1. The average molecular weight is 307 g/mol. The van der Waals surface area contributed by atoms with Crippen molar-refractivity contribution in [3.8, 4) is 0 Å². The molecular weight excluding hydrogens is 286 g/mol. The Kier molecular flexibility index (Phi) is 5.99. The third kappa shape index (κ3) is 5.34. The fraction of sp³-hybridized carbons (Fsp3) is 0.500. The fourth-order valence-corrected chi connectivity index (χ4v) is 3.12. The van der Waals surface area contributed by atoms with Crippen LogP contribution in [0.25, 0.3) is 6.08 Å². The molecule has 0 aliphatic heterocycles. The van der Waals surface area contributed by atoms with Crippen molar-refractivity contribution in [2.24, 2.45) is 5.92 Å². The summed E-state index contributed by atoms with van der Waals surface area (Å²) >= 11 is 1.54. The highest BCUT2D eigenvalue weighted by molar-refractivity contribution is 7.10. The van der Waals surface area contributed by atoms with Gasteiger partial charge < -0.3 is 10.1 Å². The second-order valence-corrected chi connectivity index (χ2v) is 6.37. The lowest BCUT2D eigenvalue weighted by Gasteiger charge is -2.29. The molecule has 1 fully saturated rings. The Morgan fingerprint density at radius 1 is 1.43 bits per heavy atom. The van der Waals surface area contributed by atoms with Crippen LogP contribution in [0.5, 0.6) is 0 Å². The molecule has 1 aliphatic rings. The molecular formula is C16H21NO3S. The first kappa shape index (κ1) is 15.8. The first-order valence-corrected chi connectivity index (χ1v) is 8.21. The number of hydrogen-bond donors (Lipinski definition) is 1. The van der Waals surface area contributed by atoms with Crippen LogP contribution in [0.4, 0.5) is 0 Å². The van der Waals surface area contributed by atoms with Gasteiger partial charge in [-0.3, -0.25) is 4.79 Å². The molecule has 21 heavy (non-hydrogen) atoms. The minimum absolute atomic E-state index is 0.211. The Hall–Kier alpha value is -1.62. The summed E-state index contributed by atoms with van der Waals surface area (Å²) in [5, 5.41) is 4.89. The van der Waals surface area contributed by atoms with Gasteiger partial charge in [0.2, 0.25) is 0 Å². The first-order valence-electron chi connectivity index (χ1n) is 7.33. The van der Waals surface area contributed by atoms with E-state index < -0.39 is 5.97 Å². The molecule has 2 atom stereocenters. The monoisotopic (exact) mass is 307 g/mol.